The number of nitrogens with zero attached hydrogens (tertiary/aromatic N) is 6. The van der Waals surface area contributed by atoms with Gasteiger partial charge >= 0.3 is 0 Å². The van der Waals surface area contributed by atoms with E-state index in [1.54, 1.807) is 9.35 Å². The van der Waals surface area contributed by atoms with Gasteiger partial charge in [-0.2, -0.15) is 0 Å². The van der Waals surface area contributed by atoms with E-state index < -0.39 is 0 Å². The van der Waals surface area contributed by atoms with Crippen molar-refractivity contribution in [2.45, 2.75) is 64.6 Å². The van der Waals surface area contributed by atoms with E-state index in [0.717, 1.165) is 74.5 Å². The van der Waals surface area contributed by atoms with Gasteiger partial charge in [-0.15, -0.1) is 20.4 Å². The SMILES string of the molecule is Nn1c(CCCCCCCCc2nnc(COc3ccccc3)n2N)nnc1COc1ccccc1. The molecule has 10 heteroatoms. The molecule has 0 amide bonds. The van der Waals surface area contributed by atoms with Crippen LogP contribution in [0.1, 0.15) is 61.8 Å². The first-order chi connectivity index (χ1) is 17.7. The van der Waals surface area contributed by atoms with Crippen LogP contribution in [0.5, 0.6) is 11.5 Å². The third-order valence-electron chi connectivity index (χ3n) is 5.95. The van der Waals surface area contributed by atoms with Crippen LogP contribution in [-0.2, 0) is 26.1 Å². The van der Waals surface area contributed by atoms with E-state index in [0.29, 0.717) is 24.9 Å². The molecule has 4 aromatic rings. The van der Waals surface area contributed by atoms with Crippen LogP contribution in [0.3, 0.4) is 0 Å². The summed E-state index contributed by atoms with van der Waals surface area (Å²) in [4.78, 5) is 0. The number of nitrogen functional groups attached to an aromatic ring is 2. The molecule has 4 rings (SSSR count). The summed E-state index contributed by atoms with van der Waals surface area (Å²) in [7, 11) is 0. The van der Waals surface area contributed by atoms with Crippen molar-refractivity contribution in [2.24, 2.45) is 0 Å². The van der Waals surface area contributed by atoms with E-state index in [-0.39, 0.29) is 0 Å². The van der Waals surface area contributed by atoms with E-state index in [4.69, 9.17) is 21.2 Å². The largest absolute Gasteiger partial charge is 0.486 e. The van der Waals surface area contributed by atoms with Gasteiger partial charge in [-0.25, -0.2) is 9.35 Å². The van der Waals surface area contributed by atoms with Gasteiger partial charge < -0.3 is 21.2 Å². The summed E-state index contributed by atoms with van der Waals surface area (Å²) in [5.41, 5.74) is 0. The number of aromatic nitrogens is 6. The minimum atomic E-state index is 0.297. The maximum atomic E-state index is 6.15. The highest BCUT2D eigenvalue weighted by Gasteiger charge is 2.11. The van der Waals surface area contributed by atoms with Crippen LogP contribution in [0.25, 0.3) is 0 Å². The second-order valence-electron chi connectivity index (χ2n) is 8.63. The Labute approximate surface area is 211 Å². The lowest BCUT2D eigenvalue weighted by molar-refractivity contribution is 0.292. The van der Waals surface area contributed by atoms with Crippen molar-refractivity contribution in [3.63, 3.8) is 0 Å². The van der Waals surface area contributed by atoms with E-state index in [1.807, 2.05) is 60.7 Å². The lowest BCUT2D eigenvalue weighted by Gasteiger charge is -2.07. The normalized spacial score (nSPS) is 11.0. The lowest BCUT2D eigenvalue weighted by atomic mass is 10.1. The van der Waals surface area contributed by atoms with Crippen LogP contribution < -0.4 is 21.2 Å². The number of unbranched alkanes of at least 4 members (excludes halogenated alkanes) is 5. The molecule has 0 atom stereocenters. The Hall–Kier alpha value is -4.08. The van der Waals surface area contributed by atoms with Crippen molar-refractivity contribution in [2.75, 3.05) is 11.7 Å². The second-order valence-corrected chi connectivity index (χ2v) is 8.63. The summed E-state index contributed by atoms with van der Waals surface area (Å²) in [5.74, 6) is 16.7. The first-order valence-electron chi connectivity index (χ1n) is 12.4. The van der Waals surface area contributed by atoms with Gasteiger partial charge in [0.25, 0.3) is 0 Å². The third-order valence-corrected chi connectivity index (χ3v) is 5.95. The predicted octanol–water partition coefficient (Wildman–Crippen LogP) is 3.58. The number of hydrogen-bond acceptors (Lipinski definition) is 8. The highest BCUT2D eigenvalue weighted by molar-refractivity contribution is 5.21. The number of nitrogens with two attached hydrogens (primary N) is 2. The summed E-state index contributed by atoms with van der Waals surface area (Å²) in [5, 5.41) is 16.8. The van der Waals surface area contributed by atoms with E-state index in [1.165, 1.54) is 0 Å². The van der Waals surface area contributed by atoms with E-state index >= 15 is 0 Å². The van der Waals surface area contributed by atoms with Crippen LogP contribution in [-0.4, -0.2) is 29.7 Å². The summed E-state index contributed by atoms with van der Waals surface area (Å²) in [6.45, 7) is 0.594. The molecule has 36 heavy (non-hydrogen) atoms. The fraction of sp³-hybridized carbons (Fsp3) is 0.385. The van der Waals surface area contributed by atoms with Crippen molar-refractivity contribution >= 4 is 0 Å². The quantitative estimate of drug-likeness (QED) is 0.191. The number of ether oxygens (including phenoxy) is 2. The third kappa shape index (κ3) is 7.21. The molecule has 0 saturated carbocycles. The first kappa shape index (κ1) is 25.0. The zero-order chi connectivity index (χ0) is 25.0. The number of rotatable bonds is 15. The molecule has 0 saturated heterocycles. The summed E-state index contributed by atoms with van der Waals surface area (Å²) in [6.07, 6.45) is 8.22. The molecule has 190 valence electrons. The van der Waals surface area contributed by atoms with Crippen LogP contribution in [0.2, 0.25) is 0 Å². The van der Waals surface area contributed by atoms with Gasteiger partial charge in [0.15, 0.2) is 23.3 Å². The van der Waals surface area contributed by atoms with Gasteiger partial charge in [0.2, 0.25) is 0 Å². The van der Waals surface area contributed by atoms with Crippen molar-refractivity contribution in [1.29, 1.82) is 0 Å². The Kier molecular flexibility index (Phi) is 9.13. The second kappa shape index (κ2) is 13.1. The average Bonchev–Trinajstić information content (AvgIpc) is 3.45. The Morgan fingerprint density at radius 3 is 1.28 bits per heavy atom. The van der Waals surface area contributed by atoms with Gasteiger partial charge in [-0.05, 0) is 37.1 Å². The Balaban J connectivity index is 1.07. The maximum Gasteiger partial charge on any atom is 0.189 e. The lowest BCUT2D eigenvalue weighted by Crippen LogP contribution is -2.17. The van der Waals surface area contributed by atoms with Crippen LogP contribution in [0, 0.1) is 0 Å². The van der Waals surface area contributed by atoms with E-state index in [2.05, 4.69) is 20.4 Å². The number of benzene rings is 2. The number of aryl methyl sites for hydroxylation is 2. The first-order valence-corrected chi connectivity index (χ1v) is 12.4. The zero-order valence-corrected chi connectivity index (χ0v) is 20.5. The molecule has 2 aromatic carbocycles. The summed E-state index contributed by atoms with van der Waals surface area (Å²) >= 11 is 0. The van der Waals surface area contributed by atoms with Crippen molar-refractivity contribution < 1.29 is 9.47 Å². The molecule has 0 unspecified atom stereocenters. The van der Waals surface area contributed by atoms with Gasteiger partial charge in [-0.3, -0.25) is 0 Å². The fourth-order valence-electron chi connectivity index (χ4n) is 3.86. The Morgan fingerprint density at radius 1 is 0.500 bits per heavy atom. The van der Waals surface area contributed by atoms with Crippen LogP contribution in [0.15, 0.2) is 60.7 Å². The molecule has 0 spiro atoms. The molecule has 10 nitrogen and oxygen atoms in total. The van der Waals surface area contributed by atoms with Crippen molar-refractivity contribution in [3.05, 3.63) is 84.0 Å². The van der Waals surface area contributed by atoms with Gasteiger partial charge in [0, 0.05) is 12.8 Å². The summed E-state index contributed by atoms with van der Waals surface area (Å²) < 4.78 is 14.5. The topological polar surface area (TPSA) is 132 Å². The molecule has 0 aliphatic heterocycles. The molecule has 2 aromatic heterocycles. The van der Waals surface area contributed by atoms with Gasteiger partial charge in [0.05, 0.1) is 0 Å². The molecule has 0 aliphatic carbocycles. The maximum absolute atomic E-state index is 6.15. The minimum Gasteiger partial charge on any atom is -0.486 e. The summed E-state index contributed by atoms with van der Waals surface area (Å²) in [6, 6.07) is 19.2. The van der Waals surface area contributed by atoms with Crippen LogP contribution >= 0.6 is 0 Å². The number of hydrogen-bond donors (Lipinski definition) is 2. The minimum absolute atomic E-state index is 0.297. The molecule has 0 bridgehead atoms. The van der Waals surface area contributed by atoms with Crippen LogP contribution in [0.4, 0.5) is 0 Å². The molecular weight excluding hydrogens is 456 g/mol. The zero-order valence-electron chi connectivity index (χ0n) is 20.5. The molecule has 0 fully saturated rings. The van der Waals surface area contributed by atoms with Crippen molar-refractivity contribution in [1.82, 2.24) is 29.7 Å². The highest BCUT2D eigenvalue weighted by Crippen LogP contribution is 2.14. The monoisotopic (exact) mass is 490 g/mol. The molecule has 0 aliphatic rings. The average molecular weight is 491 g/mol. The number of para-hydroxylation sites is 2. The van der Waals surface area contributed by atoms with Crippen molar-refractivity contribution in [3.8, 4) is 11.5 Å². The highest BCUT2D eigenvalue weighted by atomic mass is 16.5. The van der Waals surface area contributed by atoms with E-state index in [9.17, 15) is 0 Å². The predicted molar refractivity (Wildman–Crippen MR) is 137 cm³/mol. The molecule has 4 N–H and O–H groups in total. The van der Waals surface area contributed by atoms with Gasteiger partial charge in [-0.1, -0.05) is 62.1 Å². The molecular formula is C26H34N8O2. The fourth-order valence-corrected chi connectivity index (χ4v) is 3.86. The molecule has 2 heterocycles. The van der Waals surface area contributed by atoms with Gasteiger partial charge in [0.1, 0.15) is 24.7 Å². The molecule has 0 radical (unpaired) electrons. The standard InChI is InChI=1S/C26H34N8O2/c27-33-23(29-31-25(33)19-35-21-13-7-5-8-14-21)17-11-3-1-2-4-12-18-24-30-32-26(34(24)28)20-36-22-15-9-6-10-16-22/h5-10,13-16H,1-4,11-12,17-20,27-28H2. The Bertz CT molecular complexity index is 1080. The smallest absolute Gasteiger partial charge is 0.189 e. The Morgan fingerprint density at radius 2 is 0.861 bits per heavy atom.